The van der Waals surface area contributed by atoms with E-state index in [1.54, 1.807) is 0 Å². The number of rotatable bonds is 8. The van der Waals surface area contributed by atoms with Crippen molar-refractivity contribution in [2.45, 2.75) is 30.4 Å². The van der Waals surface area contributed by atoms with Crippen LogP contribution in [0.25, 0.3) is 0 Å². The molecule has 0 aromatic rings. The van der Waals surface area contributed by atoms with E-state index < -0.39 is 52.4 Å². The monoisotopic (exact) mass is 336 g/mol. The molecule has 0 spiro atoms. The summed E-state index contributed by atoms with van der Waals surface area (Å²) < 4.78 is 0. The van der Waals surface area contributed by atoms with Crippen LogP contribution in [-0.2, 0) is 24.0 Å². The van der Waals surface area contributed by atoms with Crippen LogP contribution >= 0.6 is 25.3 Å². The lowest BCUT2D eigenvalue weighted by atomic mass is 10.2. The first-order valence-corrected chi connectivity index (χ1v) is 6.79. The van der Waals surface area contributed by atoms with Gasteiger partial charge in [0.25, 0.3) is 0 Å². The minimum Gasteiger partial charge on any atom is -0.480 e. The number of ketones is 2. The second-order valence-electron chi connectivity index (χ2n) is 4.17. The molecule has 0 aromatic heterocycles. The predicted molar refractivity (Wildman–Crippen MR) is 79.5 cm³/mol. The highest BCUT2D eigenvalue weighted by Crippen LogP contribution is 1.99. The summed E-state index contributed by atoms with van der Waals surface area (Å²) in [6.45, 7) is 1.84. The minimum atomic E-state index is -1.46. The fourth-order valence-corrected chi connectivity index (χ4v) is 1.29. The molecule has 0 heterocycles. The Labute approximate surface area is 131 Å². The van der Waals surface area contributed by atoms with E-state index in [0.717, 1.165) is 13.8 Å². The maximum absolute atomic E-state index is 11.5. The third-order valence-corrected chi connectivity index (χ3v) is 3.56. The van der Waals surface area contributed by atoms with Crippen LogP contribution < -0.4 is 10.6 Å². The average Bonchev–Trinajstić information content (AvgIpc) is 2.40. The molecular formula is C11H16N2O6S2. The van der Waals surface area contributed by atoms with Gasteiger partial charge in [-0.05, 0) is 13.8 Å². The number of carboxylic acids is 1. The fraction of sp³-hybridized carbons (Fsp3) is 0.545. The van der Waals surface area contributed by atoms with Gasteiger partial charge in [-0.1, -0.05) is 0 Å². The van der Waals surface area contributed by atoms with E-state index in [1.165, 1.54) is 0 Å². The highest BCUT2D eigenvalue weighted by molar-refractivity contribution is 7.83. The number of carboxylic acid groups (broad SMARTS) is 1. The summed E-state index contributed by atoms with van der Waals surface area (Å²) in [5.41, 5.74) is 0. The Bertz CT molecular complexity index is 468. The number of hydrogen-bond acceptors (Lipinski definition) is 7. The van der Waals surface area contributed by atoms with Gasteiger partial charge in [-0.3, -0.25) is 19.2 Å². The van der Waals surface area contributed by atoms with E-state index in [-0.39, 0.29) is 0 Å². The molecule has 0 aliphatic heterocycles. The van der Waals surface area contributed by atoms with Crippen molar-refractivity contribution in [1.29, 1.82) is 0 Å². The lowest BCUT2D eigenvalue weighted by Gasteiger charge is -2.17. The van der Waals surface area contributed by atoms with Gasteiger partial charge in [-0.15, -0.1) is 0 Å². The van der Waals surface area contributed by atoms with Crippen molar-refractivity contribution in [3.63, 3.8) is 0 Å². The van der Waals surface area contributed by atoms with Crippen LogP contribution in [0, 0.1) is 0 Å². The molecule has 3 atom stereocenters. The maximum atomic E-state index is 11.5. The summed E-state index contributed by atoms with van der Waals surface area (Å²) in [7, 11) is 0. The van der Waals surface area contributed by atoms with Crippen LogP contribution in [0.2, 0.25) is 0 Å². The topological polar surface area (TPSA) is 130 Å². The van der Waals surface area contributed by atoms with E-state index in [2.05, 4.69) is 35.9 Å². The van der Waals surface area contributed by atoms with E-state index in [4.69, 9.17) is 5.11 Å². The van der Waals surface area contributed by atoms with Crippen LogP contribution in [0.15, 0.2) is 0 Å². The van der Waals surface area contributed by atoms with E-state index >= 15 is 0 Å². The van der Waals surface area contributed by atoms with Gasteiger partial charge < -0.3 is 15.7 Å². The largest absolute Gasteiger partial charge is 0.480 e. The fourth-order valence-electron chi connectivity index (χ4n) is 1.12. The van der Waals surface area contributed by atoms with Crippen LogP contribution in [0.1, 0.15) is 13.8 Å². The van der Waals surface area contributed by atoms with Crippen molar-refractivity contribution in [3.05, 3.63) is 0 Å². The number of carbonyl (C=O) groups is 5. The zero-order valence-corrected chi connectivity index (χ0v) is 13.1. The summed E-state index contributed by atoms with van der Waals surface area (Å²) in [6.07, 6.45) is 0. The smallest absolute Gasteiger partial charge is 0.328 e. The third kappa shape index (κ3) is 6.63. The zero-order valence-electron chi connectivity index (χ0n) is 11.3. The third-order valence-electron chi connectivity index (χ3n) is 2.36. The van der Waals surface area contributed by atoms with Crippen LogP contribution in [0.5, 0.6) is 0 Å². The Hall–Kier alpha value is -1.55. The molecule has 10 heteroatoms. The quantitative estimate of drug-likeness (QED) is 0.269. The number of aliphatic carboxylic acids is 1. The second kappa shape index (κ2) is 8.67. The van der Waals surface area contributed by atoms with Gasteiger partial charge in [-0.25, -0.2) is 4.79 Å². The number of hydrogen-bond donors (Lipinski definition) is 5. The Balaban J connectivity index is 4.62. The highest BCUT2D eigenvalue weighted by Gasteiger charge is 2.27. The minimum absolute atomic E-state index is 0.456. The highest BCUT2D eigenvalue weighted by atomic mass is 32.1. The number of Topliss-reactive ketones (excluding diaryl/α,β-unsaturated/α-hetero) is 2. The number of amides is 2. The normalized spacial score (nSPS) is 14.5. The molecule has 3 N–H and O–H groups in total. The van der Waals surface area contributed by atoms with Gasteiger partial charge in [-0.2, -0.15) is 25.3 Å². The van der Waals surface area contributed by atoms with E-state index in [9.17, 15) is 24.0 Å². The molecule has 2 amide bonds. The van der Waals surface area contributed by atoms with Crippen molar-refractivity contribution in [2.24, 2.45) is 0 Å². The van der Waals surface area contributed by atoms with Crippen molar-refractivity contribution >= 4 is 54.6 Å². The molecule has 21 heavy (non-hydrogen) atoms. The van der Waals surface area contributed by atoms with Crippen LogP contribution in [0.4, 0.5) is 0 Å². The first-order valence-electron chi connectivity index (χ1n) is 5.75. The first kappa shape index (κ1) is 19.4. The lowest BCUT2D eigenvalue weighted by Crippen LogP contribution is -2.52. The Morgan fingerprint density at radius 1 is 0.952 bits per heavy atom. The molecule has 0 aromatic carbocycles. The van der Waals surface area contributed by atoms with Gasteiger partial charge in [0.1, 0.15) is 16.5 Å². The summed E-state index contributed by atoms with van der Waals surface area (Å²) in [5, 5.41) is 10.7. The zero-order chi connectivity index (χ0) is 16.7. The molecule has 0 saturated heterocycles. The maximum Gasteiger partial charge on any atom is 0.328 e. The SMILES string of the molecule is CC(=O)C(S)C(=O)NCC(NC(=O)C(S)C(C)=O)C(=O)O. The van der Waals surface area contributed by atoms with E-state index in [1.807, 2.05) is 0 Å². The summed E-state index contributed by atoms with van der Waals surface area (Å²) >= 11 is 7.48. The van der Waals surface area contributed by atoms with Gasteiger partial charge in [0.05, 0.1) is 0 Å². The Morgan fingerprint density at radius 2 is 1.38 bits per heavy atom. The van der Waals surface area contributed by atoms with Crippen LogP contribution in [0.3, 0.4) is 0 Å². The van der Waals surface area contributed by atoms with Crippen molar-refractivity contribution in [1.82, 2.24) is 10.6 Å². The molecule has 0 radical (unpaired) electrons. The lowest BCUT2D eigenvalue weighted by molar-refractivity contribution is -0.142. The van der Waals surface area contributed by atoms with E-state index in [0.29, 0.717) is 0 Å². The summed E-state index contributed by atoms with van der Waals surface area (Å²) in [5.74, 6) is -4.12. The first-order chi connectivity index (χ1) is 9.57. The Kier molecular flexibility index (Phi) is 8.03. The van der Waals surface area contributed by atoms with Crippen molar-refractivity contribution in [3.8, 4) is 0 Å². The molecule has 0 aliphatic rings. The standard InChI is InChI=1S/C11H16N2O6S2/c1-4(14)7(20)9(16)12-3-6(11(18)19)13-10(17)8(21)5(2)15/h6-8,20-21H,3H2,1-2H3,(H,12,16)(H,13,17)(H,18,19). The molecule has 0 rings (SSSR count). The molecule has 0 saturated carbocycles. The number of carbonyl (C=O) groups excluding carboxylic acids is 4. The van der Waals surface area contributed by atoms with Gasteiger partial charge in [0.15, 0.2) is 11.6 Å². The number of nitrogens with one attached hydrogen (secondary N) is 2. The average molecular weight is 336 g/mol. The van der Waals surface area contributed by atoms with Crippen molar-refractivity contribution < 1.29 is 29.1 Å². The predicted octanol–water partition coefficient (Wildman–Crippen LogP) is -1.55. The molecule has 3 unspecified atom stereocenters. The molecular weight excluding hydrogens is 320 g/mol. The molecule has 0 aliphatic carbocycles. The molecule has 0 bridgehead atoms. The molecule has 118 valence electrons. The Morgan fingerprint density at radius 3 is 1.76 bits per heavy atom. The second-order valence-corrected chi connectivity index (χ2v) is 5.20. The summed E-state index contributed by atoms with van der Waals surface area (Å²) in [6, 6.07) is -1.46. The van der Waals surface area contributed by atoms with Gasteiger partial charge in [0.2, 0.25) is 11.8 Å². The van der Waals surface area contributed by atoms with Crippen molar-refractivity contribution in [2.75, 3.05) is 6.54 Å². The van der Waals surface area contributed by atoms with Crippen LogP contribution in [-0.4, -0.2) is 57.5 Å². The summed E-state index contributed by atoms with van der Waals surface area (Å²) in [4.78, 5) is 55.9. The number of thiol groups is 2. The van der Waals surface area contributed by atoms with Gasteiger partial charge in [0, 0.05) is 6.54 Å². The molecule has 0 fully saturated rings. The molecule has 8 nitrogen and oxygen atoms in total. The van der Waals surface area contributed by atoms with Gasteiger partial charge >= 0.3 is 5.97 Å².